The number of β-lactam (4-membered cyclic amide) rings is 1. The second-order valence-corrected chi connectivity index (χ2v) is 9.72. The van der Waals surface area contributed by atoms with Gasteiger partial charge in [-0.15, -0.1) is 11.8 Å². The van der Waals surface area contributed by atoms with Gasteiger partial charge in [0.25, 0.3) is 0 Å². The SMILES string of the molecule is CNC(=O)C1CC1[C@@H]1C[C@H](SC2=C(C(=O)O)N3C(=O)[C@H]([C@@H](C)O)[C@H]3[C@H]2C)CN1. The van der Waals surface area contributed by atoms with Crippen LogP contribution in [0.4, 0.5) is 0 Å². The highest BCUT2D eigenvalue weighted by Crippen LogP contribution is 2.52. The smallest absolute Gasteiger partial charge is 0.353 e. The minimum Gasteiger partial charge on any atom is -0.477 e. The molecule has 8 nitrogen and oxygen atoms in total. The third-order valence-corrected chi connectivity index (χ3v) is 8.18. The number of amides is 2. The Morgan fingerprint density at radius 1 is 1.36 bits per heavy atom. The Morgan fingerprint density at radius 2 is 2.07 bits per heavy atom. The van der Waals surface area contributed by atoms with Crippen LogP contribution in [-0.2, 0) is 14.4 Å². The highest BCUT2D eigenvalue weighted by Gasteiger charge is 2.60. The lowest BCUT2D eigenvalue weighted by Gasteiger charge is -2.46. The molecular weight excluding hydrogens is 382 g/mol. The molecule has 0 aromatic heterocycles. The average molecular weight is 410 g/mol. The first-order valence-corrected chi connectivity index (χ1v) is 10.7. The van der Waals surface area contributed by atoms with Gasteiger partial charge in [-0.2, -0.15) is 0 Å². The lowest BCUT2D eigenvalue weighted by atomic mass is 9.79. The van der Waals surface area contributed by atoms with Crippen LogP contribution in [0.15, 0.2) is 10.6 Å². The molecule has 4 N–H and O–H groups in total. The number of carbonyl (C=O) groups is 3. The van der Waals surface area contributed by atoms with E-state index in [1.165, 1.54) is 4.90 Å². The molecule has 0 aromatic rings. The van der Waals surface area contributed by atoms with Gasteiger partial charge in [0.15, 0.2) is 0 Å². The third-order valence-electron chi connectivity index (χ3n) is 6.67. The maximum Gasteiger partial charge on any atom is 0.353 e. The van der Waals surface area contributed by atoms with Crippen LogP contribution < -0.4 is 10.6 Å². The second kappa shape index (κ2) is 7.03. The van der Waals surface area contributed by atoms with Gasteiger partial charge >= 0.3 is 5.97 Å². The van der Waals surface area contributed by atoms with Crippen LogP contribution >= 0.6 is 11.8 Å². The van der Waals surface area contributed by atoms with Crippen molar-refractivity contribution in [2.24, 2.45) is 23.7 Å². The molecule has 2 saturated heterocycles. The maximum atomic E-state index is 12.4. The molecule has 3 heterocycles. The van der Waals surface area contributed by atoms with Crippen LogP contribution in [0.25, 0.3) is 0 Å². The Morgan fingerprint density at radius 3 is 2.68 bits per heavy atom. The van der Waals surface area contributed by atoms with E-state index >= 15 is 0 Å². The predicted molar refractivity (Wildman–Crippen MR) is 103 cm³/mol. The Kier molecular flexibility index (Phi) is 4.96. The lowest BCUT2D eigenvalue weighted by molar-refractivity contribution is -0.163. The highest BCUT2D eigenvalue weighted by molar-refractivity contribution is 8.03. The van der Waals surface area contributed by atoms with Gasteiger partial charge in [-0.3, -0.25) is 9.59 Å². The molecular formula is C19H27N3O5S. The van der Waals surface area contributed by atoms with Crippen LogP contribution in [0.2, 0.25) is 0 Å². The Balaban J connectivity index is 1.45. The van der Waals surface area contributed by atoms with E-state index in [-0.39, 0.29) is 46.7 Å². The molecule has 4 rings (SSSR count). The third kappa shape index (κ3) is 2.95. The number of carboxylic acids is 1. The Labute approximate surface area is 168 Å². The lowest BCUT2D eigenvalue weighted by Crippen LogP contribution is -2.63. The molecule has 28 heavy (non-hydrogen) atoms. The first-order valence-electron chi connectivity index (χ1n) is 9.86. The van der Waals surface area contributed by atoms with Crippen LogP contribution in [0.3, 0.4) is 0 Å². The van der Waals surface area contributed by atoms with E-state index in [0.717, 1.165) is 24.3 Å². The van der Waals surface area contributed by atoms with E-state index in [0.29, 0.717) is 5.92 Å². The molecule has 3 aliphatic heterocycles. The molecule has 2 amide bonds. The van der Waals surface area contributed by atoms with Gasteiger partial charge in [0.05, 0.1) is 18.1 Å². The van der Waals surface area contributed by atoms with Crippen molar-refractivity contribution in [2.45, 2.75) is 50.1 Å². The number of aliphatic hydroxyl groups excluding tert-OH is 1. The van der Waals surface area contributed by atoms with Crippen molar-refractivity contribution in [1.29, 1.82) is 0 Å². The second-order valence-electron chi connectivity index (χ2n) is 8.38. The average Bonchev–Trinajstić information content (AvgIpc) is 3.23. The van der Waals surface area contributed by atoms with Gasteiger partial charge < -0.3 is 25.7 Å². The minimum absolute atomic E-state index is 0.0804. The number of nitrogens with zero attached hydrogens (tertiary/aromatic N) is 1. The molecule has 4 aliphatic rings. The van der Waals surface area contributed by atoms with Gasteiger partial charge in [-0.1, -0.05) is 6.92 Å². The topological polar surface area (TPSA) is 119 Å². The fraction of sp³-hybridized carbons (Fsp3) is 0.737. The number of fused-ring (bicyclic) bond motifs is 1. The van der Waals surface area contributed by atoms with Gasteiger partial charge in [0.2, 0.25) is 11.8 Å². The molecule has 1 saturated carbocycles. The molecule has 8 atom stereocenters. The van der Waals surface area contributed by atoms with Gasteiger partial charge in [0, 0.05) is 41.6 Å². The van der Waals surface area contributed by atoms with E-state index in [2.05, 4.69) is 10.6 Å². The molecule has 0 aromatic carbocycles. The quantitative estimate of drug-likeness (QED) is 0.456. The summed E-state index contributed by atoms with van der Waals surface area (Å²) in [5.41, 5.74) is 0.0857. The summed E-state index contributed by atoms with van der Waals surface area (Å²) in [7, 11) is 1.66. The molecule has 1 aliphatic carbocycles. The van der Waals surface area contributed by atoms with E-state index in [4.69, 9.17) is 0 Å². The summed E-state index contributed by atoms with van der Waals surface area (Å²) < 4.78 is 0. The summed E-state index contributed by atoms with van der Waals surface area (Å²) in [6.45, 7) is 4.29. The number of carbonyl (C=O) groups excluding carboxylic acids is 2. The van der Waals surface area contributed by atoms with Gasteiger partial charge in [0.1, 0.15) is 5.70 Å². The molecule has 0 bridgehead atoms. The van der Waals surface area contributed by atoms with Crippen LogP contribution in [0.5, 0.6) is 0 Å². The monoisotopic (exact) mass is 409 g/mol. The number of aliphatic carboxylic acids is 1. The van der Waals surface area contributed by atoms with Crippen molar-refractivity contribution in [1.82, 2.24) is 15.5 Å². The predicted octanol–water partition coefficient (Wildman–Crippen LogP) is -0.0141. The number of nitrogens with one attached hydrogen (secondary N) is 2. The first-order chi connectivity index (χ1) is 13.3. The van der Waals surface area contributed by atoms with E-state index in [1.807, 2.05) is 6.92 Å². The minimum atomic E-state index is -1.08. The zero-order valence-electron chi connectivity index (χ0n) is 16.2. The largest absolute Gasteiger partial charge is 0.477 e. The molecule has 154 valence electrons. The summed E-state index contributed by atoms with van der Waals surface area (Å²) in [4.78, 5) is 38.2. The fourth-order valence-corrected chi connectivity index (χ4v) is 6.65. The number of rotatable bonds is 6. The summed E-state index contributed by atoms with van der Waals surface area (Å²) in [6.07, 6.45) is 0.989. The summed E-state index contributed by atoms with van der Waals surface area (Å²) in [5.74, 6) is -1.50. The summed E-state index contributed by atoms with van der Waals surface area (Å²) in [6, 6.07) is 0.00146. The molecule has 0 radical (unpaired) electrons. The van der Waals surface area contributed by atoms with Crippen LogP contribution in [-0.4, -0.2) is 69.9 Å². The van der Waals surface area contributed by atoms with E-state index in [1.54, 1.807) is 25.7 Å². The standard InChI is InChI=1S/C19H27N3O5S/c1-7-14-13(8(2)23)18(25)22(14)15(19(26)27)16(7)28-9-4-12(21-6-9)10-5-11(10)17(24)20-3/h7-14,21,23H,4-6H2,1-3H3,(H,20,24)(H,26,27)/t7-,8-,9+,10?,11?,12+,13-,14-/m1/s1. The molecule has 9 heteroatoms. The van der Waals surface area contributed by atoms with Crippen molar-refractivity contribution in [3.8, 4) is 0 Å². The normalized spacial score (nSPS) is 40.2. The zero-order chi connectivity index (χ0) is 20.3. The van der Waals surface area contributed by atoms with Crippen LogP contribution in [0.1, 0.15) is 26.7 Å². The van der Waals surface area contributed by atoms with Crippen molar-refractivity contribution >= 4 is 29.5 Å². The van der Waals surface area contributed by atoms with E-state index < -0.39 is 18.0 Å². The molecule has 0 spiro atoms. The number of hydrogen-bond acceptors (Lipinski definition) is 6. The van der Waals surface area contributed by atoms with Crippen LogP contribution in [0, 0.1) is 23.7 Å². The Hall–Kier alpha value is -1.58. The van der Waals surface area contributed by atoms with Gasteiger partial charge in [-0.25, -0.2) is 4.79 Å². The first kappa shape index (κ1) is 19.7. The number of hydrogen-bond donors (Lipinski definition) is 4. The van der Waals surface area contributed by atoms with Gasteiger partial charge in [-0.05, 0) is 25.7 Å². The van der Waals surface area contributed by atoms with E-state index in [9.17, 15) is 24.6 Å². The number of thioether (sulfide) groups is 1. The summed E-state index contributed by atoms with van der Waals surface area (Å²) >= 11 is 1.55. The van der Waals surface area contributed by atoms with Crippen molar-refractivity contribution in [3.63, 3.8) is 0 Å². The maximum absolute atomic E-state index is 12.4. The fourth-order valence-electron chi connectivity index (χ4n) is 5.15. The highest BCUT2D eigenvalue weighted by atomic mass is 32.2. The van der Waals surface area contributed by atoms with Crippen molar-refractivity contribution in [3.05, 3.63) is 10.6 Å². The zero-order valence-corrected chi connectivity index (χ0v) is 17.0. The van der Waals surface area contributed by atoms with Crippen molar-refractivity contribution < 1.29 is 24.6 Å². The van der Waals surface area contributed by atoms with Crippen molar-refractivity contribution in [2.75, 3.05) is 13.6 Å². The Bertz CT molecular complexity index is 754. The number of aliphatic hydroxyl groups is 1. The molecule has 3 fully saturated rings. The number of carboxylic acid groups (broad SMARTS) is 1. The summed E-state index contributed by atoms with van der Waals surface area (Å²) in [5, 5.41) is 26.1. The molecule has 2 unspecified atom stereocenters.